The summed E-state index contributed by atoms with van der Waals surface area (Å²) in [7, 11) is 0. The fourth-order valence-corrected chi connectivity index (χ4v) is 4.89. The van der Waals surface area contributed by atoms with Crippen LogP contribution in [0.2, 0.25) is 0 Å². The molecule has 0 aliphatic rings. The maximum atomic E-state index is 13.4. The molecule has 35 heavy (non-hydrogen) atoms. The third-order valence-corrected chi connectivity index (χ3v) is 6.56. The van der Waals surface area contributed by atoms with E-state index in [4.69, 9.17) is 4.84 Å². The van der Waals surface area contributed by atoms with Crippen LogP contribution >= 0.6 is 0 Å². The number of hydrogen-bond donors (Lipinski definition) is 0. The van der Waals surface area contributed by atoms with Crippen molar-refractivity contribution in [2.75, 3.05) is 0 Å². The van der Waals surface area contributed by atoms with E-state index in [1.807, 2.05) is 62.4 Å². The molecule has 0 spiro atoms. The van der Waals surface area contributed by atoms with Gasteiger partial charge in [-0.05, 0) is 61.1 Å². The van der Waals surface area contributed by atoms with Crippen molar-refractivity contribution in [3.63, 3.8) is 0 Å². The van der Waals surface area contributed by atoms with Crippen molar-refractivity contribution >= 4 is 17.5 Å². The van der Waals surface area contributed by atoms with Crippen molar-refractivity contribution in [2.45, 2.75) is 65.7 Å². The van der Waals surface area contributed by atoms with Gasteiger partial charge in [0.05, 0.1) is 5.71 Å². The van der Waals surface area contributed by atoms with Gasteiger partial charge >= 0.3 is 5.97 Å². The lowest BCUT2D eigenvalue weighted by Crippen LogP contribution is -2.28. The number of hydrogen-bond acceptors (Lipinski definition) is 4. The summed E-state index contributed by atoms with van der Waals surface area (Å²) in [4.78, 5) is 29.5. The molecule has 182 valence electrons. The lowest BCUT2D eigenvalue weighted by atomic mass is 9.68. The van der Waals surface area contributed by atoms with Gasteiger partial charge in [-0.3, -0.25) is 4.79 Å². The number of benzene rings is 3. The standard InChI is InChI=1S/C31H35NO3/c1-6-18-31(19-7-2,27-15-10-13-25(20-27)23(4)32-35-24(5)33)28-16-11-14-26(21-28)30(34)29-17-9-8-12-22(29)3/h8-17,20-21H,6-7,18-19H2,1-5H3/b32-23-. The summed E-state index contributed by atoms with van der Waals surface area (Å²) in [5.74, 6) is -0.396. The van der Waals surface area contributed by atoms with Gasteiger partial charge in [-0.1, -0.05) is 92.5 Å². The highest BCUT2D eigenvalue weighted by atomic mass is 16.7. The Hall–Kier alpha value is -3.53. The Morgan fingerprint density at radius 3 is 1.94 bits per heavy atom. The predicted octanol–water partition coefficient (Wildman–Crippen LogP) is 7.40. The number of ketones is 1. The normalized spacial score (nSPS) is 11.9. The number of aryl methyl sites for hydroxylation is 1. The van der Waals surface area contributed by atoms with Gasteiger partial charge in [0.2, 0.25) is 0 Å². The van der Waals surface area contributed by atoms with E-state index >= 15 is 0 Å². The Balaban J connectivity index is 2.12. The molecule has 0 radical (unpaired) electrons. The van der Waals surface area contributed by atoms with Crippen LogP contribution in [-0.2, 0) is 15.0 Å². The number of oxime groups is 1. The third kappa shape index (κ3) is 5.94. The van der Waals surface area contributed by atoms with Crippen LogP contribution in [0.3, 0.4) is 0 Å². The Morgan fingerprint density at radius 1 is 0.800 bits per heavy atom. The maximum absolute atomic E-state index is 13.4. The summed E-state index contributed by atoms with van der Waals surface area (Å²) >= 11 is 0. The van der Waals surface area contributed by atoms with E-state index in [1.165, 1.54) is 12.5 Å². The van der Waals surface area contributed by atoms with Crippen LogP contribution in [0.25, 0.3) is 0 Å². The molecule has 3 aromatic carbocycles. The van der Waals surface area contributed by atoms with Gasteiger partial charge in [0.25, 0.3) is 0 Å². The Labute approximate surface area is 209 Å². The smallest absolute Gasteiger partial charge is 0.318 e. The van der Waals surface area contributed by atoms with Crippen LogP contribution in [0.4, 0.5) is 0 Å². The quantitative estimate of drug-likeness (QED) is 0.134. The number of carbonyl (C=O) groups excluding carboxylic acids is 2. The largest absolute Gasteiger partial charge is 0.331 e. The molecule has 0 aliphatic heterocycles. The summed E-state index contributed by atoms with van der Waals surface area (Å²) in [6, 6.07) is 24.2. The Bertz CT molecular complexity index is 1220. The van der Waals surface area contributed by atoms with E-state index in [2.05, 4.69) is 43.3 Å². The lowest BCUT2D eigenvalue weighted by molar-refractivity contribution is -0.140. The van der Waals surface area contributed by atoms with Crippen molar-refractivity contribution in [1.82, 2.24) is 0 Å². The zero-order chi connectivity index (χ0) is 25.4. The predicted molar refractivity (Wildman–Crippen MR) is 142 cm³/mol. The second kappa shape index (κ2) is 11.7. The Morgan fingerprint density at radius 2 is 1.37 bits per heavy atom. The van der Waals surface area contributed by atoms with E-state index in [-0.39, 0.29) is 11.2 Å². The first-order chi connectivity index (χ1) is 16.8. The van der Waals surface area contributed by atoms with Crippen LogP contribution in [0.5, 0.6) is 0 Å². The molecule has 3 rings (SSSR count). The summed E-state index contributed by atoms with van der Waals surface area (Å²) in [5.41, 5.74) is 6.05. The van der Waals surface area contributed by atoms with E-state index in [1.54, 1.807) is 0 Å². The molecular formula is C31H35NO3. The molecule has 0 heterocycles. The van der Waals surface area contributed by atoms with Crippen LogP contribution < -0.4 is 0 Å². The molecule has 0 aliphatic carbocycles. The van der Waals surface area contributed by atoms with Crippen molar-refractivity contribution in [3.05, 3.63) is 106 Å². The average Bonchev–Trinajstić information content (AvgIpc) is 2.87. The topological polar surface area (TPSA) is 55.7 Å². The summed E-state index contributed by atoms with van der Waals surface area (Å²) in [5, 5.41) is 3.98. The zero-order valence-corrected chi connectivity index (χ0v) is 21.4. The second-order valence-electron chi connectivity index (χ2n) is 9.15. The van der Waals surface area contributed by atoms with E-state index < -0.39 is 5.97 Å². The molecule has 0 aromatic heterocycles. The maximum Gasteiger partial charge on any atom is 0.331 e. The van der Waals surface area contributed by atoms with Crippen molar-refractivity contribution < 1.29 is 14.4 Å². The minimum atomic E-state index is -0.443. The SMILES string of the molecule is CCCC(CCC)(c1cccc(C(=O)c2ccccc2C)c1)c1cccc(/C(C)=N\OC(C)=O)c1. The van der Waals surface area contributed by atoms with Gasteiger partial charge in [0.1, 0.15) is 0 Å². The zero-order valence-electron chi connectivity index (χ0n) is 21.4. The van der Waals surface area contributed by atoms with Gasteiger partial charge in [-0.15, -0.1) is 0 Å². The summed E-state index contributed by atoms with van der Waals surface area (Å²) in [6.07, 6.45) is 3.90. The molecule has 0 unspecified atom stereocenters. The van der Waals surface area contributed by atoms with Gasteiger partial charge in [-0.2, -0.15) is 0 Å². The minimum Gasteiger partial charge on any atom is -0.318 e. The van der Waals surface area contributed by atoms with Crippen LogP contribution in [0.15, 0.2) is 78.0 Å². The molecule has 4 nitrogen and oxygen atoms in total. The molecule has 0 saturated carbocycles. The molecule has 0 bridgehead atoms. The highest BCUT2D eigenvalue weighted by Gasteiger charge is 2.33. The highest BCUT2D eigenvalue weighted by Crippen LogP contribution is 2.42. The van der Waals surface area contributed by atoms with Gasteiger partial charge in [0, 0.05) is 23.5 Å². The molecule has 0 N–H and O–H groups in total. The number of carbonyl (C=O) groups is 2. The van der Waals surface area contributed by atoms with E-state index in [9.17, 15) is 9.59 Å². The lowest BCUT2D eigenvalue weighted by Gasteiger charge is -2.36. The van der Waals surface area contributed by atoms with Crippen LogP contribution in [0.1, 0.15) is 91.6 Å². The fraction of sp³-hybridized carbons (Fsp3) is 0.323. The number of rotatable bonds is 10. The molecule has 4 heteroatoms. The van der Waals surface area contributed by atoms with E-state index in [0.717, 1.165) is 47.9 Å². The second-order valence-corrected chi connectivity index (χ2v) is 9.15. The van der Waals surface area contributed by atoms with Crippen molar-refractivity contribution in [3.8, 4) is 0 Å². The van der Waals surface area contributed by atoms with Crippen LogP contribution in [-0.4, -0.2) is 17.5 Å². The highest BCUT2D eigenvalue weighted by molar-refractivity contribution is 6.10. The number of nitrogens with zero attached hydrogens (tertiary/aromatic N) is 1. The molecular weight excluding hydrogens is 434 g/mol. The van der Waals surface area contributed by atoms with Crippen LogP contribution in [0, 0.1) is 6.92 Å². The summed E-state index contributed by atoms with van der Waals surface area (Å²) in [6.45, 7) is 9.55. The monoisotopic (exact) mass is 469 g/mol. The summed E-state index contributed by atoms with van der Waals surface area (Å²) < 4.78 is 0. The third-order valence-electron chi connectivity index (χ3n) is 6.56. The van der Waals surface area contributed by atoms with Gasteiger partial charge in [0.15, 0.2) is 5.78 Å². The van der Waals surface area contributed by atoms with Gasteiger partial charge < -0.3 is 4.84 Å². The molecule has 0 saturated heterocycles. The van der Waals surface area contributed by atoms with Crippen molar-refractivity contribution in [1.29, 1.82) is 0 Å². The molecule has 0 atom stereocenters. The Kier molecular flexibility index (Phi) is 8.75. The first kappa shape index (κ1) is 26.1. The molecule has 3 aromatic rings. The first-order valence-corrected chi connectivity index (χ1v) is 12.4. The first-order valence-electron chi connectivity index (χ1n) is 12.4. The van der Waals surface area contributed by atoms with Gasteiger partial charge in [-0.25, -0.2) is 4.79 Å². The molecule has 0 amide bonds. The van der Waals surface area contributed by atoms with Crippen molar-refractivity contribution in [2.24, 2.45) is 5.16 Å². The minimum absolute atomic E-state index is 0.0463. The van der Waals surface area contributed by atoms with E-state index in [0.29, 0.717) is 11.3 Å². The fourth-order valence-electron chi connectivity index (χ4n) is 4.89. The molecule has 0 fully saturated rings. The average molecular weight is 470 g/mol.